The molecule has 132 valence electrons. The smallest absolute Gasteiger partial charge is 0.233 e. The lowest BCUT2D eigenvalue weighted by Gasteiger charge is -2.12. The standard InChI is InChI=1S/C15H8Br6N2O2/c16-6-1-8(18)14(9(19)2-6)22-12(24)5-13(25)23-15-10(20)3-7(17)4-11(15)21/h1-4H,5H2,(H,22,24)(H,23,25). The first-order chi connectivity index (χ1) is 11.7. The van der Waals surface area contributed by atoms with Crippen LogP contribution >= 0.6 is 95.6 Å². The lowest BCUT2D eigenvalue weighted by Crippen LogP contribution is -2.22. The van der Waals surface area contributed by atoms with E-state index in [1.54, 1.807) is 24.3 Å². The van der Waals surface area contributed by atoms with Crippen LogP contribution in [-0.2, 0) is 9.59 Å². The molecule has 0 aromatic heterocycles. The second kappa shape index (κ2) is 9.45. The third kappa shape index (κ3) is 6.14. The molecular weight excluding hydrogens is 720 g/mol. The van der Waals surface area contributed by atoms with E-state index in [0.29, 0.717) is 29.3 Å². The van der Waals surface area contributed by atoms with Gasteiger partial charge < -0.3 is 10.6 Å². The molecular formula is C15H8Br6N2O2. The Kier molecular flexibility index (Phi) is 8.15. The van der Waals surface area contributed by atoms with Crippen molar-refractivity contribution in [1.29, 1.82) is 0 Å². The van der Waals surface area contributed by atoms with Crippen molar-refractivity contribution in [2.24, 2.45) is 0 Å². The summed E-state index contributed by atoms with van der Waals surface area (Å²) >= 11 is 20.2. The Balaban J connectivity index is 2.06. The molecule has 2 aromatic rings. The van der Waals surface area contributed by atoms with E-state index in [9.17, 15) is 9.59 Å². The van der Waals surface area contributed by atoms with E-state index in [4.69, 9.17) is 0 Å². The number of hydrogen-bond donors (Lipinski definition) is 2. The van der Waals surface area contributed by atoms with Crippen molar-refractivity contribution in [2.75, 3.05) is 10.6 Å². The normalized spacial score (nSPS) is 10.5. The van der Waals surface area contributed by atoms with Crippen LogP contribution in [0.1, 0.15) is 6.42 Å². The van der Waals surface area contributed by atoms with Crippen LogP contribution in [0.4, 0.5) is 11.4 Å². The summed E-state index contributed by atoms with van der Waals surface area (Å²) in [5, 5.41) is 5.43. The number of benzene rings is 2. The molecule has 0 atom stereocenters. The number of halogens is 6. The molecule has 0 saturated heterocycles. The monoisotopic (exact) mass is 722 g/mol. The van der Waals surface area contributed by atoms with Gasteiger partial charge in [-0.25, -0.2) is 0 Å². The van der Waals surface area contributed by atoms with Crippen molar-refractivity contribution >= 4 is 119 Å². The van der Waals surface area contributed by atoms with E-state index in [2.05, 4.69) is 106 Å². The van der Waals surface area contributed by atoms with E-state index in [1.807, 2.05) is 0 Å². The highest BCUT2D eigenvalue weighted by Crippen LogP contribution is 2.35. The van der Waals surface area contributed by atoms with Gasteiger partial charge in [-0.2, -0.15) is 0 Å². The highest BCUT2D eigenvalue weighted by molar-refractivity contribution is 9.12. The van der Waals surface area contributed by atoms with Gasteiger partial charge in [-0.05, 0) is 88.0 Å². The van der Waals surface area contributed by atoms with Gasteiger partial charge >= 0.3 is 0 Å². The average molecular weight is 728 g/mol. The number of nitrogens with one attached hydrogen (secondary N) is 2. The SMILES string of the molecule is O=C(CC(=O)Nc1c(Br)cc(Br)cc1Br)Nc1c(Br)cc(Br)cc1Br. The van der Waals surface area contributed by atoms with Gasteiger partial charge in [0.25, 0.3) is 0 Å². The Morgan fingerprint density at radius 1 is 0.640 bits per heavy atom. The minimum atomic E-state index is -0.425. The molecule has 2 aromatic carbocycles. The van der Waals surface area contributed by atoms with Gasteiger partial charge in [-0.15, -0.1) is 0 Å². The fourth-order valence-electron chi connectivity index (χ4n) is 1.84. The highest BCUT2D eigenvalue weighted by Gasteiger charge is 2.16. The summed E-state index contributed by atoms with van der Waals surface area (Å²) in [5.74, 6) is -0.851. The fourth-order valence-corrected chi connectivity index (χ4v) is 6.75. The lowest BCUT2D eigenvalue weighted by atomic mass is 10.3. The van der Waals surface area contributed by atoms with Crippen LogP contribution in [0.25, 0.3) is 0 Å². The predicted molar refractivity (Wildman–Crippen MR) is 121 cm³/mol. The molecule has 0 radical (unpaired) electrons. The Morgan fingerprint density at radius 3 is 1.20 bits per heavy atom. The maximum Gasteiger partial charge on any atom is 0.233 e. The third-order valence-electron chi connectivity index (χ3n) is 2.86. The van der Waals surface area contributed by atoms with Crippen LogP contribution in [0.15, 0.2) is 51.1 Å². The minimum Gasteiger partial charge on any atom is -0.324 e. The molecule has 0 aliphatic carbocycles. The van der Waals surface area contributed by atoms with Crippen molar-refractivity contribution in [2.45, 2.75) is 6.42 Å². The van der Waals surface area contributed by atoms with Crippen molar-refractivity contribution < 1.29 is 9.59 Å². The molecule has 10 heteroatoms. The third-order valence-corrected chi connectivity index (χ3v) is 6.28. The van der Waals surface area contributed by atoms with E-state index >= 15 is 0 Å². The molecule has 0 bridgehead atoms. The molecule has 0 spiro atoms. The maximum atomic E-state index is 12.2. The van der Waals surface area contributed by atoms with Gasteiger partial charge in [-0.1, -0.05) is 31.9 Å². The summed E-state index contributed by atoms with van der Waals surface area (Å²) in [4.78, 5) is 24.3. The van der Waals surface area contributed by atoms with Crippen LogP contribution in [0.2, 0.25) is 0 Å². The topological polar surface area (TPSA) is 58.2 Å². The van der Waals surface area contributed by atoms with Gasteiger partial charge in [-0.3, -0.25) is 9.59 Å². The average Bonchev–Trinajstić information content (AvgIpc) is 2.46. The molecule has 0 aliphatic rings. The van der Waals surface area contributed by atoms with Crippen LogP contribution in [0.5, 0.6) is 0 Å². The van der Waals surface area contributed by atoms with Crippen LogP contribution in [0.3, 0.4) is 0 Å². The zero-order chi connectivity index (χ0) is 18.7. The van der Waals surface area contributed by atoms with Gasteiger partial charge in [0.05, 0.1) is 11.4 Å². The first kappa shape index (κ1) is 21.6. The number of carbonyl (C=O) groups excluding carboxylic acids is 2. The van der Waals surface area contributed by atoms with Crippen LogP contribution in [0, 0.1) is 0 Å². The summed E-state index contributed by atoms with van der Waals surface area (Å²) in [7, 11) is 0. The molecule has 2 amide bonds. The minimum absolute atomic E-state index is 0.316. The summed E-state index contributed by atoms with van der Waals surface area (Å²) in [6.45, 7) is 0. The second-order valence-corrected chi connectivity index (χ2v) is 10.0. The number of rotatable bonds is 4. The maximum absolute atomic E-state index is 12.2. The van der Waals surface area contributed by atoms with Crippen molar-refractivity contribution in [3.05, 3.63) is 51.1 Å². The summed E-state index contributed by atoms with van der Waals surface area (Å²) in [5.41, 5.74) is 1.12. The van der Waals surface area contributed by atoms with Crippen molar-refractivity contribution in [3.63, 3.8) is 0 Å². The van der Waals surface area contributed by atoms with Gasteiger partial charge in [0.15, 0.2) is 0 Å². The van der Waals surface area contributed by atoms with Crippen LogP contribution < -0.4 is 10.6 Å². The zero-order valence-electron chi connectivity index (χ0n) is 12.1. The summed E-state index contributed by atoms with van der Waals surface area (Å²) in [6, 6.07) is 7.21. The number of anilines is 2. The second-order valence-electron chi connectivity index (χ2n) is 4.76. The Bertz CT molecular complexity index is 740. The summed E-state index contributed by atoms with van der Waals surface area (Å²) < 4.78 is 4.49. The molecule has 0 heterocycles. The Morgan fingerprint density at radius 2 is 0.920 bits per heavy atom. The molecule has 0 saturated carbocycles. The van der Waals surface area contributed by atoms with Gasteiger partial charge in [0, 0.05) is 26.8 Å². The quantitative estimate of drug-likeness (QED) is 0.327. The van der Waals surface area contributed by atoms with E-state index in [-0.39, 0.29) is 6.42 Å². The Labute approximate surface area is 194 Å². The van der Waals surface area contributed by atoms with E-state index in [0.717, 1.165) is 8.95 Å². The summed E-state index contributed by atoms with van der Waals surface area (Å²) in [6.07, 6.45) is -0.316. The lowest BCUT2D eigenvalue weighted by molar-refractivity contribution is -0.123. The van der Waals surface area contributed by atoms with Crippen molar-refractivity contribution in [1.82, 2.24) is 0 Å². The molecule has 2 N–H and O–H groups in total. The largest absolute Gasteiger partial charge is 0.324 e. The number of amides is 2. The zero-order valence-corrected chi connectivity index (χ0v) is 21.6. The number of hydrogen-bond acceptors (Lipinski definition) is 2. The highest BCUT2D eigenvalue weighted by atomic mass is 79.9. The Hall–Kier alpha value is 0.260. The molecule has 25 heavy (non-hydrogen) atoms. The molecule has 0 fully saturated rings. The first-order valence-electron chi connectivity index (χ1n) is 6.56. The molecule has 0 aliphatic heterocycles. The van der Waals surface area contributed by atoms with Gasteiger partial charge in [0.1, 0.15) is 6.42 Å². The molecule has 2 rings (SSSR count). The number of carbonyl (C=O) groups is 2. The van der Waals surface area contributed by atoms with Crippen molar-refractivity contribution in [3.8, 4) is 0 Å². The molecule has 4 nitrogen and oxygen atoms in total. The van der Waals surface area contributed by atoms with Crippen LogP contribution in [-0.4, -0.2) is 11.8 Å². The fraction of sp³-hybridized carbons (Fsp3) is 0.0667. The van der Waals surface area contributed by atoms with Gasteiger partial charge in [0.2, 0.25) is 11.8 Å². The van der Waals surface area contributed by atoms with E-state index < -0.39 is 11.8 Å². The predicted octanol–water partition coefficient (Wildman–Crippen LogP) is 7.23. The molecule has 0 unspecified atom stereocenters. The van der Waals surface area contributed by atoms with E-state index in [1.165, 1.54) is 0 Å². The first-order valence-corrected chi connectivity index (χ1v) is 11.3.